The molecule has 2 aromatic carbocycles. The third-order valence-corrected chi connectivity index (χ3v) is 7.20. The van der Waals surface area contributed by atoms with Crippen LogP contribution in [-0.2, 0) is 10.5 Å². The van der Waals surface area contributed by atoms with Gasteiger partial charge in [0.05, 0.1) is 5.69 Å². The number of carbonyl (C=O) groups excluding carboxylic acids is 2. The Morgan fingerprint density at radius 3 is 2.46 bits per heavy atom. The topological polar surface area (TPSA) is 78.4 Å². The van der Waals surface area contributed by atoms with Crippen LogP contribution < -0.4 is 10.2 Å². The van der Waals surface area contributed by atoms with Crippen LogP contribution in [0.5, 0.6) is 0 Å². The van der Waals surface area contributed by atoms with Crippen molar-refractivity contribution in [2.75, 3.05) is 31.1 Å². The molecule has 2 fully saturated rings. The largest absolute Gasteiger partial charge is 0.353 e. The molecule has 8 heteroatoms. The summed E-state index contributed by atoms with van der Waals surface area (Å²) in [5.41, 5.74) is 3.67. The van der Waals surface area contributed by atoms with Crippen molar-refractivity contribution in [3.8, 4) is 11.3 Å². The Labute approximate surface area is 210 Å². The van der Waals surface area contributed by atoms with Crippen LogP contribution in [0.25, 0.3) is 11.3 Å². The maximum Gasteiger partial charge on any atom is 0.251 e. The first-order chi connectivity index (χ1) is 17.0. The maximum atomic E-state index is 12.4. The van der Waals surface area contributed by atoms with Crippen LogP contribution >= 0.6 is 11.8 Å². The fourth-order valence-corrected chi connectivity index (χ4v) is 4.89. The smallest absolute Gasteiger partial charge is 0.251 e. The SMILES string of the molecule is CC(=O)N1CCN(c2cc(-c3ccccc3)nc(SCc3cccc(C(=O)NC4CC4)c3)n2)CC1. The molecule has 1 aliphatic heterocycles. The van der Waals surface area contributed by atoms with Crippen molar-refractivity contribution in [2.45, 2.75) is 36.7 Å². The third-order valence-electron chi connectivity index (χ3n) is 6.28. The fraction of sp³-hybridized carbons (Fsp3) is 0.333. The van der Waals surface area contributed by atoms with Crippen LogP contribution in [-0.4, -0.2) is 58.9 Å². The van der Waals surface area contributed by atoms with Crippen LogP contribution in [0.4, 0.5) is 5.82 Å². The van der Waals surface area contributed by atoms with Gasteiger partial charge in [-0.05, 0) is 30.5 Å². The van der Waals surface area contributed by atoms with Gasteiger partial charge in [-0.25, -0.2) is 9.97 Å². The van der Waals surface area contributed by atoms with Gasteiger partial charge in [-0.15, -0.1) is 0 Å². The highest BCUT2D eigenvalue weighted by molar-refractivity contribution is 7.98. The van der Waals surface area contributed by atoms with Gasteiger partial charge < -0.3 is 15.1 Å². The molecule has 0 bridgehead atoms. The van der Waals surface area contributed by atoms with Crippen LogP contribution in [0.2, 0.25) is 0 Å². The first-order valence-electron chi connectivity index (χ1n) is 12.0. The lowest BCUT2D eigenvalue weighted by atomic mass is 10.1. The molecule has 0 radical (unpaired) electrons. The summed E-state index contributed by atoms with van der Waals surface area (Å²) in [7, 11) is 0. The molecule has 3 aromatic rings. The van der Waals surface area contributed by atoms with Crippen molar-refractivity contribution in [1.29, 1.82) is 0 Å². The van der Waals surface area contributed by atoms with Crippen molar-refractivity contribution in [2.24, 2.45) is 0 Å². The predicted octanol–water partition coefficient (Wildman–Crippen LogP) is 4.00. The minimum Gasteiger partial charge on any atom is -0.353 e. The molecular weight excluding hydrogens is 458 g/mol. The molecule has 1 saturated heterocycles. The Morgan fingerprint density at radius 1 is 0.971 bits per heavy atom. The van der Waals surface area contributed by atoms with Crippen molar-refractivity contribution in [3.63, 3.8) is 0 Å². The number of benzene rings is 2. The van der Waals surface area contributed by atoms with Crippen LogP contribution in [0.3, 0.4) is 0 Å². The summed E-state index contributed by atoms with van der Waals surface area (Å²) in [6.07, 6.45) is 2.14. The number of piperazine rings is 1. The van der Waals surface area contributed by atoms with Crippen molar-refractivity contribution in [3.05, 3.63) is 71.8 Å². The summed E-state index contributed by atoms with van der Waals surface area (Å²) < 4.78 is 0. The number of amides is 2. The van der Waals surface area contributed by atoms with Crippen molar-refractivity contribution < 1.29 is 9.59 Å². The number of rotatable bonds is 7. The fourth-order valence-electron chi connectivity index (χ4n) is 4.09. The molecule has 180 valence electrons. The lowest BCUT2D eigenvalue weighted by molar-refractivity contribution is -0.129. The molecule has 35 heavy (non-hydrogen) atoms. The second-order valence-corrected chi connectivity index (χ2v) is 9.93. The minimum absolute atomic E-state index is 0.00587. The van der Waals surface area contributed by atoms with Gasteiger partial charge in [0.1, 0.15) is 5.82 Å². The molecule has 2 amide bonds. The number of hydrogen-bond acceptors (Lipinski definition) is 6. The molecule has 5 rings (SSSR count). The standard InChI is InChI=1S/C27H29N5O2S/c1-19(33)31-12-14-32(15-13-31)25-17-24(21-7-3-2-4-8-21)29-27(30-25)35-18-20-6-5-9-22(16-20)26(34)28-23-10-11-23/h2-9,16-17,23H,10-15,18H2,1H3,(H,28,34). The van der Waals surface area contributed by atoms with E-state index in [4.69, 9.17) is 9.97 Å². The number of aromatic nitrogens is 2. The Kier molecular flexibility index (Phi) is 6.99. The molecule has 1 N–H and O–H groups in total. The zero-order valence-corrected chi connectivity index (χ0v) is 20.6. The number of hydrogen-bond donors (Lipinski definition) is 1. The maximum absolute atomic E-state index is 12.4. The Hall–Kier alpha value is -3.39. The Bertz CT molecular complexity index is 1210. The quantitative estimate of drug-likeness (QED) is 0.401. The van der Waals surface area contributed by atoms with E-state index in [1.165, 1.54) is 0 Å². The summed E-state index contributed by atoms with van der Waals surface area (Å²) in [5.74, 6) is 1.65. The number of nitrogens with one attached hydrogen (secondary N) is 1. The molecule has 0 atom stereocenters. The van der Waals surface area contributed by atoms with Gasteiger partial charge in [0.15, 0.2) is 5.16 Å². The molecule has 2 aliphatic rings. The Morgan fingerprint density at radius 2 is 1.74 bits per heavy atom. The number of carbonyl (C=O) groups is 2. The monoisotopic (exact) mass is 487 g/mol. The first kappa shape index (κ1) is 23.4. The average molecular weight is 488 g/mol. The van der Waals surface area contributed by atoms with E-state index in [1.807, 2.05) is 53.4 Å². The normalized spacial score (nSPS) is 15.7. The van der Waals surface area contributed by atoms with E-state index in [9.17, 15) is 9.59 Å². The average Bonchev–Trinajstić information content (AvgIpc) is 3.72. The predicted molar refractivity (Wildman–Crippen MR) is 138 cm³/mol. The van der Waals surface area contributed by atoms with Gasteiger partial charge in [0, 0.05) is 62.1 Å². The van der Waals surface area contributed by atoms with E-state index < -0.39 is 0 Å². The van der Waals surface area contributed by atoms with Gasteiger partial charge in [-0.3, -0.25) is 9.59 Å². The highest BCUT2D eigenvalue weighted by atomic mass is 32.2. The summed E-state index contributed by atoms with van der Waals surface area (Å²) >= 11 is 1.57. The van der Waals surface area contributed by atoms with Crippen molar-refractivity contribution >= 4 is 29.4 Å². The highest BCUT2D eigenvalue weighted by Gasteiger charge is 2.24. The van der Waals surface area contributed by atoms with Gasteiger partial charge in [-0.2, -0.15) is 0 Å². The second-order valence-electron chi connectivity index (χ2n) is 8.99. The lowest BCUT2D eigenvalue weighted by Crippen LogP contribution is -2.48. The molecule has 2 heterocycles. The van der Waals surface area contributed by atoms with Gasteiger partial charge in [0.2, 0.25) is 5.91 Å². The van der Waals surface area contributed by atoms with E-state index >= 15 is 0 Å². The first-order valence-corrected chi connectivity index (χ1v) is 13.0. The zero-order valence-electron chi connectivity index (χ0n) is 19.8. The van der Waals surface area contributed by atoms with E-state index in [1.54, 1.807) is 18.7 Å². The molecule has 1 aliphatic carbocycles. The lowest BCUT2D eigenvalue weighted by Gasteiger charge is -2.35. The van der Waals surface area contributed by atoms with Gasteiger partial charge in [-0.1, -0.05) is 54.2 Å². The second kappa shape index (κ2) is 10.5. The van der Waals surface area contributed by atoms with Crippen LogP contribution in [0, 0.1) is 0 Å². The van der Waals surface area contributed by atoms with E-state index in [0.717, 1.165) is 48.6 Å². The molecule has 7 nitrogen and oxygen atoms in total. The molecule has 0 spiro atoms. The van der Waals surface area contributed by atoms with E-state index in [-0.39, 0.29) is 11.8 Å². The summed E-state index contributed by atoms with van der Waals surface area (Å²) in [4.78, 5) is 38.0. The summed E-state index contributed by atoms with van der Waals surface area (Å²) in [5, 5.41) is 3.75. The minimum atomic E-state index is -0.00587. The van der Waals surface area contributed by atoms with Crippen molar-refractivity contribution in [1.82, 2.24) is 20.2 Å². The molecule has 1 saturated carbocycles. The van der Waals surface area contributed by atoms with Gasteiger partial charge >= 0.3 is 0 Å². The summed E-state index contributed by atoms with van der Waals surface area (Å²) in [6.45, 7) is 4.49. The number of anilines is 1. The number of thioether (sulfide) groups is 1. The zero-order chi connectivity index (χ0) is 24.2. The highest BCUT2D eigenvalue weighted by Crippen LogP contribution is 2.28. The molecular formula is C27H29N5O2S. The van der Waals surface area contributed by atoms with E-state index in [0.29, 0.717) is 35.6 Å². The summed E-state index contributed by atoms with van der Waals surface area (Å²) in [6, 6.07) is 20.3. The third kappa shape index (κ3) is 6.00. The van der Waals surface area contributed by atoms with E-state index in [2.05, 4.69) is 22.3 Å². The molecule has 0 unspecified atom stereocenters. The van der Waals surface area contributed by atoms with Gasteiger partial charge in [0.25, 0.3) is 5.91 Å². The Balaban J connectivity index is 1.35. The van der Waals surface area contributed by atoms with Crippen LogP contribution in [0.1, 0.15) is 35.7 Å². The van der Waals surface area contributed by atoms with Crippen LogP contribution in [0.15, 0.2) is 65.8 Å². The number of nitrogens with zero attached hydrogens (tertiary/aromatic N) is 4. The molecule has 1 aromatic heterocycles.